The molecule has 6 heteroatoms. The van der Waals surface area contributed by atoms with Crippen LogP contribution in [0.15, 0.2) is 57.9 Å². The summed E-state index contributed by atoms with van der Waals surface area (Å²) in [4.78, 5) is 14.8. The van der Waals surface area contributed by atoms with E-state index in [2.05, 4.69) is 0 Å². The van der Waals surface area contributed by atoms with Gasteiger partial charge in [-0.3, -0.25) is 9.69 Å². The molecule has 0 radical (unpaired) electrons. The number of aliphatic hydroxyl groups excluding tert-OH is 1. The minimum atomic E-state index is -0.522. The molecule has 0 spiro atoms. The first-order valence-corrected chi connectivity index (χ1v) is 8.88. The van der Waals surface area contributed by atoms with Gasteiger partial charge in [-0.2, -0.15) is 0 Å². The van der Waals surface area contributed by atoms with Crippen LogP contribution in [0, 0.1) is 0 Å². The Morgan fingerprint density at radius 1 is 1.11 bits per heavy atom. The maximum Gasteiger partial charge on any atom is 0.231 e. The first-order valence-electron chi connectivity index (χ1n) is 8.88. The molecule has 140 valence electrons. The summed E-state index contributed by atoms with van der Waals surface area (Å²) in [5, 5.41) is 10.5. The topological polar surface area (TPSA) is 72.1 Å². The summed E-state index contributed by atoms with van der Waals surface area (Å²) in [6.07, 6.45) is 0.991. The average molecular weight is 367 g/mol. The van der Waals surface area contributed by atoms with E-state index in [-0.39, 0.29) is 12.2 Å². The number of benzene rings is 2. The second-order valence-electron chi connectivity index (χ2n) is 6.79. The van der Waals surface area contributed by atoms with Crippen molar-refractivity contribution in [2.45, 2.75) is 26.1 Å². The highest BCUT2D eigenvalue weighted by atomic mass is 16.7. The van der Waals surface area contributed by atoms with Crippen molar-refractivity contribution < 1.29 is 19.0 Å². The van der Waals surface area contributed by atoms with E-state index in [0.717, 1.165) is 17.1 Å². The van der Waals surface area contributed by atoms with Gasteiger partial charge in [0.1, 0.15) is 5.58 Å². The van der Waals surface area contributed by atoms with Gasteiger partial charge in [-0.25, -0.2) is 0 Å². The summed E-state index contributed by atoms with van der Waals surface area (Å²) >= 11 is 0. The van der Waals surface area contributed by atoms with Crippen molar-refractivity contribution >= 4 is 11.0 Å². The highest BCUT2D eigenvalue weighted by Crippen LogP contribution is 2.32. The van der Waals surface area contributed by atoms with Crippen LogP contribution in [0.4, 0.5) is 0 Å². The number of hydrogen-bond acceptors (Lipinski definition) is 6. The summed E-state index contributed by atoms with van der Waals surface area (Å²) in [6, 6.07) is 13.0. The molecule has 0 saturated carbocycles. The smallest absolute Gasteiger partial charge is 0.231 e. The van der Waals surface area contributed by atoms with E-state index in [0.29, 0.717) is 36.2 Å². The molecule has 0 saturated heterocycles. The number of ether oxygens (including phenoxy) is 2. The molecule has 0 fully saturated rings. The highest BCUT2D eigenvalue weighted by Gasteiger charge is 2.17. The van der Waals surface area contributed by atoms with E-state index in [1.807, 2.05) is 35.2 Å². The molecule has 1 N–H and O–H groups in total. The third-order valence-corrected chi connectivity index (χ3v) is 4.51. The Balaban J connectivity index is 1.59. The van der Waals surface area contributed by atoms with Gasteiger partial charge in [0, 0.05) is 25.2 Å². The Labute approximate surface area is 156 Å². The van der Waals surface area contributed by atoms with Crippen LogP contribution in [-0.2, 0) is 13.1 Å². The molecular formula is C21H21NO5. The van der Waals surface area contributed by atoms with Crippen molar-refractivity contribution in [1.82, 2.24) is 4.90 Å². The third-order valence-electron chi connectivity index (χ3n) is 4.51. The Kier molecular flexibility index (Phi) is 4.83. The zero-order valence-corrected chi connectivity index (χ0v) is 15.1. The fourth-order valence-electron chi connectivity index (χ4n) is 3.32. The van der Waals surface area contributed by atoms with Crippen LogP contribution < -0.4 is 14.9 Å². The number of para-hydroxylation sites is 1. The molecule has 0 aliphatic carbocycles. The number of hydrogen-bond donors (Lipinski definition) is 1. The zero-order valence-electron chi connectivity index (χ0n) is 15.1. The molecule has 0 bridgehead atoms. The quantitative estimate of drug-likeness (QED) is 0.722. The molecular weight excluding hydrogens is 346 g/mol. The zero-order chi connectivity index (χ0) is 18.8. The Morgan fingerprint density at radius 3 is 2.78 bits per heavy atom. The van der Waals surface area contributed by atoms with Gasteiger partial charge in [-0.15, -0.1) is 0 Å². The fraction of sp³-hybridized carbons (Fsp3) is 0.286. The molecule has 4 rings (SSSR count). The maximum absolute atomic E-state index is 12.8. The highest BCUT2D eigenvalue weighted by molar-refractivity contribution is 5.76. The second-order valence-corrected chi connectivity index (χ2v) is 6.79. The van der Waals surface area contributed by atoms with Crippen LogP contribution in [0.1, 0.15) is 18.1 Å². The number of aliphatic hydroxyl groups is 1. The summed E-state index contributed by atoms with van der Waals surface area (Å²) in [5.41, 5.74) is 2.11. The van der Waals surface area contributed by atoms with Gasteiger partial charge in [0.2, 0.25) is 6.79 Å². The summed E-state index contributed by atoms with van der Waals surface area (Å²) in [6.45, 7) is 3.34. The van der Waals surface area contributed by atoms with E-state index >= 15 is 0 Å². The standard InChI is InChI=1S/C21H21NO5/c1-14(23)9-22(10-15-6-7-19-20(8-15)27-13-26-19)11-16-12-25-18-5-3-2-4-17(18)21(16)24/h2-8,12,14,23H,9-11,13H2,1H3. The van der Waals surface area contributed by atoms with Gasteiger partial charge in [-0.05, 0) is 36.8 Å². The van der Waals surface area contributed by atoms with Crippen molar-refractivity contribution in [2.24, 2.45) is 0 Å². The van der Waals surface area contributed by atoms with Crippen molar-refractivity contribution in [3.05, 3.63) is 70.1 Å². The number of rotatable bonds is 6. The van der Waals surface area contributed by atoms with Crippen LogP contribution in [0.5, 0.6) is 11.5 Å². The largest absolute Gasteiger partial charge is 0.464 e. The molecule has 1 aliphatic rings. The second kappa shape index (κ2) is 7.42. The lowest BCUT2D eigenvalue weighted by Crippen LogP contribution is -2.32. The van der Waals surface area contributed by atoms with Crippen molar-refractivity contribution in [3.63, 3.8) is 0 Å². The maximum atomic E-state index is 12.8. The van der Waals surface area contributed by atoms with Gasteiger partial charge in [0.15, 0.2) is 16.9 Å². The Morgan fingerprint density at radius 2 is 1.93 bits per heavy atom. The van der Waals surface area contributed by atoms with Crippen LogP contribution in [-0.4, -0.2) is 29.4 Å². The van der Waals surface area contributed by atoms with Crippen LogP contribution >= 0.6 is 0 Å². The molecule has 3 aromatic rings. The van der Waals surface area contributed by atoms with Gasteiger partial charge >= 0.3 is 0 Å². The molecule has 0 amide bonds. The third kappa shape index (κ3) is 3.82. The van der Waals surface area contributed by atoms with Gasteiger partial charge in [0.25, 0.3) is 0 Å². The van der Waals surface area contributed by atoms with Crippen LogP contribution in [0.25, 0.3) is 11.0 Å². The van der Waals surface area contributed by atoms with Crippen LogP contribution in [0.3, 0.4) is 0 Å². The molecule has 1 aliphatic heterocycles. The normalized spacial score (nSPS) is 14.0. The first-order chi connectivity index (χ1) is 13.1. The average Bonchev–Trinajstić information content (AvgIpc) is 3.11. The Bertz CT molecular complexity index is 1010. The minimum absolute atomic E-state index is 0.0434. The number of fused-ring (bicyclic) bond motifs is 2. The fourth-order valence-corrected chi connectivity index (χ4v) is 3.32. The molecule has 1 atom stereocenters. The predicted octanol–water partition coefficient (Wildman–Crippen LogP) is 2.90. The van der Waals surface area contributed by atoms with Gasteiger partial charge < -0.3 is 19.0 Å². The van der Waals surface area contributed by atoms with E-state index in [1.165, 1.54) is 6.26 Å². The van der Waals surface area contributed by atoms with Crippen molar-refractivity contribution in [1.29, 1.82) is 0 Å². The van der Waals surface area contributed by atoms with Gasteiger partial charge in [-0.1, -0.05) is 18.2 Å². The van der Waals surface area contributed by atoms with Gasteiger partial charge in [0.05, 0.1) is 17.8 Å². The summed E-state index contributed by atoms with van der Waals surface area (Å²) < 4.78 is 16.4. The van der Waals surface area contributed by atoms with Crippen LogP contribution in [0.2, 0.25) is 0 Å². The first kappa shape index (κ1) is 17.6. The monoisotopic (exact) mass is 367 g/mol. The predicted molar refractivity (Wildman–Crippen MR) is 101 cm³/mol. The lowest BCUT2D eigenvalue weighted by molar-refractivity contribution is 0.117. The van der Waals surface area contributed by atoms with E-state index in [4.69, 9.17) is 13.9 Å². The van der Waals surface area contributed by atoms with E-state index < -0.39 is 6.10 Å². The summed E-state index contributed by atoms with van der Waals surface area (Å²) in [5.74, 6) is 1.45. The minimum Gasteiger partial charge on any atom is -0.464 e. The molecule has 1 unspecified atom stereocenters. The van der Waals surface area contributed by atoms with E-state index in [1.54, 1.807) is 19.1 Å². The molecule has 1 aromatic heterocycles. The Hall–Kier alpha value is -2.83. The molecule has 2 aromatic carbocycles. The molecule has 6 nitrogen and oxygen atoms in total. The van der Waals surface area contributed by atoms with Crippen molar-refractivity contribution in [3.8, 4) is 11.5 Å². The lowest BCUT2D eigenvalue weighted by Gasteiger charge is -2.23. The molecule has 27 heavy (non-hydrogen) atoms. The number of nitrogens with zero attached hydrogens (tertiary/aromatic N) is 1. The molecule has 2 heterocycles. The van der Waals surface area contributed by atoms with E-state index in [9.17, 15) is 9.90 Å². The summed E-state index contributed by atoms with van der Waals surface area (Å²) in [7, 11) is 0. The van der Waals surface area contributed by atoms with Crippen molar-refractivity contribution in [2.75, 3.05) is 13.3 Å². The lowest BCUT2D eigenvalue weighted by atomic mass is 10.1. The SMILES string of the molecule is CC(O)CN(Cc1ccc2c(c1)OCO2)Cc1coc2ccccc2c1=O.